The number of piperidine rings is 1. The number of likely N-dealkylation sites (tertiary alicyclic amines) is 1. The second kappa shape index (κ2) is 7.95. The minimum Gasteiger partial charge on any atom is -0.494 e. The van der Waals surface area contributed by atoms with Crippen molar-refractivity contribution < 1.29 is 19.1 Å². The van der Waals surface area contributed by atoms with E-state index in [4.69, 9.17) is 14.5 Å². The van der Waals surface area contributed by atoms with Crippen molar-refractivity contribution in [1.29, 1.82) is 0 Å². The topological polar surface area (TPSA) is 72.0 Å². The number of amides is 1. The van der Waals surface area contributed by atoms with Gasteiger partial charge < -0.3 is 19.3 Å². The first-order valence-electron chi connectivity index (χ1n) is 9.74. The highest BCUT2D eigenvalue weighted by molar-refractivity contribution is 7.22. The van der Waals surface area contributed by atoms with Gasteiger partial charge in [0.25, 0.3) is 0 Å². The molecule has 8 heteroatoms. The Morgan fingerprint density at radius 1 is 1.25 bits per heavy atom. The van der Waals surface area contributed by atoms with Crippen LogP contribution < -0.4 is 9.64 Å². The van der Waals surface area contributed by atoms with Gasteiger partial charge in [-0.25, -0.2) is 4.98 Å². The number of methoxy groups -OCH3 is 1. The van der Waals surface area contributed by atoms with Gasteiger partial charge in [-0.1, -0.05) is 17.4 Å². The molecule has 1 amide bonds. The van der Waals surface area contributed by atoms with Gasteiger partial charge in [-0.15, -0.1) is 0 Å². The number of nitrogens with zero attached hydrogens (tertiary/aromatic N) is 3. The normalized spacial score (nSPS) is 20.1. The minimum atomic E-state index is -0.189. The third kappa shape index (κ3) is 3.53. The molecule has 0 N–H and O–H groups in total. The molecule has 2 aliphatic rings. The van der Waals surface area contributed by atoms with Crippen molar-refractivity contribution in [2.24, 2.45) is 11.8 Å². The summed E-state index contributed by atoms with van der Waals surface area (Å²) in [6.07, 6.45) is 1.65. The molecule has 1 aromatic carbocycles. The number of hydrogen-bond donors (Lipinski definition) is 0. The molecule has 150 valence electrons. The molecule has 0 spiro atoms. The summed E-state index contributed by atoms with van der Waals surface area (Å²) in [5, 5.41) is 0.923. The predicted octanol–water partition coefficient (Wildman–Crippen LogP) is 2.54. The molecule has 3 heterocycles. The van der Waals surface area contributed by atoms with E-state index in [1.807, 2.05) is 30.0 Å². The lowest BCUT2D eigenvalue weighted by Gasteiger charge is -2.42. The van der Waals surface area contributed by atoms with Gasteiger partial charge in [-0.3, -0.25) is 9.59 Å². The number of ether oxygens (including phenoxy) is 2. The van der Waals surface area contributed by atoms with Crippen molar-refractivity contribution in [2.45, 2.75) is 19.8 Å². The monoisotopic (exact) mass is 403 g/mol. The third-order valence-corrected chi connectivity index (χ3v) is 6.53. The van der Waals surface area contributed by atoms with E-state index in [2.05, 4.69) is 4.90 Å². The molecular weight excluding hydrogens is 378 g/mol. The molecule has 1 aromatic heterocycles. The highest BCUT2D eigenvalue weighted by atomic mass is 32.1. The van der Waals surface area contributed by atoms with Crippen LogP contribution in [0.1, 0.15) is 19.8 Å². The summed E-state index contributed by atoms with van der Waals surface area (Å²) < 4.78 is 11.6. The average Bonchev–Trinajstić information content (AvgIpc) is 3.10. The van der Waals surface area contributed by atoms with E-state index in [0.29, 0.717) is 26.2 Å². The average molecular weight is 404 g/mol. The lowest BCUT2D eigenvalue weighted by atomic mass is 9.94. The van der Waals surface area contributed by atoms with E-state index in [1.54, 1.807) is 18.4 Å². The van der Waals surface area contributed by atoms with Crippen molar-refractivity contribution in [3.05, 3.63) is 18.2 Å². The SMILES string of the molecule is CCOC(=O)C1CCCN(C(=O)C2CN(c3nc4c(OC)cccc4s3)C2)C1. The maximum absolute atomic E-state index is 12.9. The predicted molar refractivity (Wildman–Crippen MR) is 108 cm³/mol. The number of benzene rings is 1. The molecule has 28 heavy (non-hydrogen) atoms. The summed E-state index contributed by atoms with van der Waals surface area (Å²) in [6, 6.07) is 5.90. The van der Waals surface area contributed by atoms with Crippen molar-refractivity contribution in [2.75, 3.05) is 44.8 Å². The van der Waals surface area contributed by atoms with Crippen LogP contribution in [0.2, 0.25) is 0 Å². The number of carbonyl (C=O) groups is 2. The Balaban J connectivity index is 1.37. The molecule has 0 radical (unpaired) electrons. The van der Waals surface area contributed by atoms with E-state index in [0.717, 1.165) is 40.5 Å². The molecular formula is C20H25N3O4S. The van der Waals surface area contributed by atoms with Crippen LogP contribution in [0.15, 0.2) is 18.2 Å². The van der Waals surface area contributed by atoms with Crippen LogP contribution in [0.5, 0.6) is 5.75 Å². The zero-order valence-corrected chi connectivity index (χ0v) is 17.0. The van der Waals surface area contributed by atoms with Crippen LogP contribution in [0.4, 0.5) is 5.13 Å². The maximum atomic E-state index is 12.9. The summed E-state index contributed by atoms with van der Waals surface area (Å²) in [6.45, 7) is 4.73. The van der Waals surface area contributed by atoms with Crippen molar-refractivity contribution in [3.8, 4) is 5.75 Å². The van der Waals surface area contributed by atoms with E-state index in [9.17, 15) is 9.59 Å². The van der Waals surface area contributed by atoms with Crippen molar-refractivity contribution >= 4 is 38.6 Å². The Kier molecular flexibility index (Phi) is 5.39. The molecule has 0 aliphatic carbocycles. The van der Waals surface area contributed by atoms with Crippen LogP contribution in [0, 0.1) is 11.8 Å². The highest BCUT2D eigenvalue weighted by Gasteiger charge is 2.39. The number of esters is 1. The number of rotatable bonds is 5. The van der Waals surface area contributed by atoms with E-state index >= 15 is 0 Å². The molecule has 1 atom stereocenters. The van der Waals surface area contributed by atoms with Gasteiger partial charge in [0.2, 0.25) is 5.91 Å². The largest absolute Gasteiger partial charge is 0.494 e. The number of fused-ring (bicyclic) bond motifs is 1. The summed E-state index contributed by atoms with van der Waals surface area (Å²) >= 11 is 1.62. The van der Waals surface area contributed by atoms with Gasteiger partial charge in [0.1, 0.15) is 11.3 Å². The molecule has 4 rings (SSSR count). The Bertz CT molecular complexity index is 877. The molecule has 7 nitrogen and oxygen atoms in total. The van der Waals surface area contributed by atoms with Crippen LogP contribution in [0.25, 0.3) is 10.2 Å². The smallest absolute Gasteiger partial charge is 0.310 e. The van der Waals surface area contributed by atoms with E-state index in [-0.39, 0.29) is 23.7 Å². The summed E-state index contributed by atoms with van der Waals surface area (Å²) in [4.78, 5) is 33.6. The summed E-state index contributed by atoms with van der Waals surface area (Å²) in [5.74, 6) is 0.509. The first-order valence-corrected chi connectivity index (χ1v) is 10.6. The summed E-state index contributed by atoms with van der Waals surface area (Å²) in [7, 11) is 1.65. The Labute approximate surface area is 168 Å². The van der Waals surface area contributed by atoms with Crippen molar-refractivity contribution in [1.82, 2.24) is 9.88 Å². The molecule has 2 fully saturated rings. The molecule has 2 saturated heterocycles. The first kappa shape index (κ1) is 19.0. The minimum absolute atomic E-state index is 0.0325. The molecule has 2 aromatic rings. The highest BCUT2D eigenvalue weighted by Crippen LogP contribution is 2.37. The van der Waals surface area contributed by atoms with Gasteiger partial charge in [-0.05, 0) is 31.9 Å². The Morgan fingerprint density at radius 3 is 2.82 bits per heavy atom. The standard InChI is InChI=1S/C20H25N3O4S/c1-3-27-19(25)13-6-5-9-22(10-13)18(24)14-11-23(12-14)20-21-17-15(26-2)7-4-8-16(17)28-20/h4,7-8,13-14H,3,5-6,9-12H2,1-2H3. The van der Waals surface area contributed by atoms with Crippen LogP contribution in [-0.2, 0) is 14.3 Å². The van der Waals surface area contributed by atoms with Gasteiger partial charge in [0.15, 0.2) is 5.13 Å². The molecule has 0 saturated carbocycles. The second-order valence-corrected chi connectivity index (χ2v) is 8.29. The Hall–Kier alpha value is -2.35. The van der Waals surface area contributed by atoms with Gasteiger partial charge in [0.05, 0.1) is 30.3 Å². The van der Waals surface area contributed by atoms with Crippen LogP contribution in [0.3, 0.4) is 0 Å². The lowest BCUT2D eigenvalue weighted by molar-refractivity contribution is -0.152. The van der Waals surface area contributed by atoms with Gasteiger partial charge in [0, 0.05) is 26.2 Å². The van der Waals surface area contributed by atoms with Crippen LogP contribution in [-0.4, -0.2) is 61.7 Å². The van der Waals surface area contributed by atoms with Gasteiger partial charge >= 0.3 is 5.97 Å². The number of aromatic nitrogens is 1. The lowest BCUT2D eigenvalue weighted by Crippen LogP contribution is -2.56. The second-order valence-electron chi connectivity index (χ2n) is 7.28. The number of para-hydroxylation sites is 1. The zero-order valence-electron chi connectivity index (χ0n) is 16.2. The molecule has 0 bridgehead atoms. The fourth-order valence-electron chi connectivity index (χ4n) is 3.89. The number of hydrogen-bond acceptors (Lipinski definition) is 7. The number of anilines is 1. The zero-order chi connectivity index (χ0) is 19.7. The summed E-state index contributed by atoms with van der Waals surface area (Å²) in [5.41, 5.74) is 0.869. The first-order chi connectivity index (χ1) is 13.6. The van der Waals surface area contributed by atoms with E-state index < -0.39 is 0 Å². The maximum Gasteiger partial charge on any atom is 0.310 e. The van der Waals surface area contributed by atoms with Crippen LogP contribution >= 0.6 is 11.3 Å². The molecule has 1 unspecified atom stereocenters. The fraction of sp³-hybridized carbons (Fsp3) is 0.550. The van der Waals surface area contributed by atoms with Gasteiger partial charge in [-0.2, -0.15) is 0 Å². The third-order valence-electron chi connectivity index (χ3n) is 5.44. The Morgan fingerprint density at radius 2 is 2.07 bits per heavy atom. The number of carbonyl (C=O) groups excluding carboxylic acids is 2. The van der Waals surface area contributed by atoms with Crippen molar-refractivity contribution in [3.63, 3.8) is 0 Å². The number of thiazole rings is 1. The quantitative estimate of drug-likeness (QED) is 0.715. The fourth-order valence-corrected chi connectivity index (χ4v) is 4.89. The molecule has 2 aliphatic heterocycles. The van der Waals surface area contributed by atoms with E-state index in [1.165, 1.54) is 0 Å².